The van der Waals surface area contributed by atoms with Crippen molar-refractivity contribution in [3.8, 4) is 0 Å². The van der Waals surface area contributed by atoms with Crippen molar-refractivity contribution < 1.29 is 4.79 Å². The topological polar surface area (TPSA) is 70.7 Å². The second-order valence-electron chi connectivity index (χ2n) is 4.87. The number of anilines is 1. The third-order valence-electron chi connectivity index (χ3n) is 3.11. The molecule has 5 nitrogen and oxygen atoms in total. The van der Waals surface area contributed by atoms with E-state index in [1.807, 2.05) is 19.1 Å². The maximum Gasteiger partial charge on any atom is 0.328 e. The van der Waals surface area contributed by atoms with Crippen LogP contribution in [0.3, 0.4) is 0 Å². The number of hydrogen-bond donors (Lipinski definition) is 2. The smallest absolute Gasteiger partial charge is 0.328 e. The minimum Gasteiger partial charge on any atom is -0.370 e. The zero-order valence-corrected chi connectivity index (χ0v) is 13.6. The van der Waals surface area contributed by atoms with Crippen LogP contribution in [-0.2, 0) is 0 Å². The standard InChI is InChI=1S/C15H23ClN4O/c1-4-5-6-10-18-14(17)19-15(21)20(3)13-11(2)8-7-9-12(13)16/h7-9H,4-6,10H2,1-3H3,(H3,17,18,19,21). The molecule has 21 heavy (non-hydrogen) atoms. The van der Waals surface area contributed by atoms with Gasteiger partial charge in [-0.15, -0.1) is 0 Å². The molecule has 116 valence electrons. The summed E-state index contributed by atoms with van der Waals surface area (Å²) >= 11 is 6.14. The minimum atomic E-state index is -0.358. The Labute approximate surface area is 131 Å². The van der Waals surface area contributed by atoms with E-state index in [2.05, 4.69) is 17.2 Å². The van der Waals surface area contributed by atoms with Crippen LogP contribution >= 0.6 is 11.6 Å². The minimum absolute atomic E-state index is 0.132. The molecule has 0 bridgehead atoms. The summed E-state index contributed by atoms with van der Waals surface area (Å²) in [5.74, 6) is 0.132. The van der Waals surface area contributed by atoms with Gasteiger partial charge in [0, 0.05) is 13.6 Å². The molecule has 0 heterocycles. The molecule has 3 N–H and O–H groups in total. The van der Waals surface area contributed by atoms with E-state index in [-0.39, 0.29) is 12.0 Å². The summed E-state index contributed by atoms with van der Waals surface area (Å²) in [5, 5.41) is 3.09. The number of para-hydroxylation sites is 1. The van der Waals surface area contributed by atoms with E-state index in [9.17, 15) is 4.79 Å². The third-order valence-corrected chi connectivity index (χ3v) is 3.41. The van der Waals surface area contributed by atoms with Gasteiger partial charge in [0.15, 0.2) is 5.96 Å². The van der Waals surface area contributed by atoms with Crippen molar-refractivity contribution in [2.45, 2.75) is 33.1 Å². The maximum atomic E-state index is 12.1. The highest BCUT2D eigenvalue weighted by atomic mass is 35.5. The summed E-state index contributed by atoms with van der Waals surface area (Å²) in [6.07, 6.45) is 3.19. The number of amides is 2. The predicted octanol–water partition coefficient (Wildman–Crippen LogP) is 3.30. The van der Waals surface area contributed by atoms with Crippen LogP contribution in [0.15, 0.2) is 23.2 Å². The summed E-state index contributed by atoms with van der Waals surface area (Å²) in [4.78, 5) is 17.7. The van der Waals surface area contributed by atoms with Crippen molar-refractivity contribution in [3.05, 3.63) is 28.8 Å². The number of urea groups is 1. The number of hydrogen-bond acceptors (Lipinski definition) is 2. The molecule has 0 aliphatic heterocycles. The average Bonchev–Trinajstić information content (AvgIpc) is 2.43. The predicted molar refractivity (Wildman–Crippen MR) is 89.1 cm³/mol. The average molecular weight is 311 g/mol. The first-order chi connectivity index (χ1) is 9.97. The normalized spacial score (nSPS) is 11.3. The van der Waals surface area contributed by atoms with E-state index in [1.165, 1.54) is 4.90 Å². The first kappa shape index (κ1) is 17.3. The van der Waals surface area contributed by atoms with Crippen LogP contribution in [0.2, 0.25) is 5.02 Å². The number of nitrogens with two attached hydrogens (primary N) is 1. The second-order valence-corrected chi connectivity index (χ2v) is 5.28. The number of rotatable bonds is 5. The highest BCUT2D eigenvalue weighted by Gasteiger charge is 2.16. The Morgan fingerprint density at radius 2 is 2.14 bits per heavy atom. The molecule has 0 saturated carbocycles. The van der Waals surface area contributed by atoms with Gasteiger partial charge >= 0.3 is 6.03 Å². The lowest BCUT2D eigenvalue weighted by atomic mass is 10.2. The van der Waals surface area contributed by atoms with Crippen molar-refractivity contribution in [2.24, 2.45) is 10.7 Å². The van der Waals surface area contributed by atoms with Crippen molar-refractivity contribution in [2.75, 3.05) is 18.5 Å². The number of carbonyl (C=O) groups is 1. The highest BCUT2D eigenvalue weighted by Crippen LogP contribution is 2.28. The highest BCUT2D eigenvalue weighted by molar-refractivity contribution is 6.34. The van der Waals surface area contributed by atoms with Crippen molar-refractivity contribution >= 4 is 29.3 Å². The number of halogens is 1. The number of unbranched alkanes of at least 4 members (excludes halogenated alkanes) is 2. The van der Waals surface area contributed by atoms with Gasteiger partial charge in [-0.05, 0) is 25.0 Å². The van der Waals surface area contributed by atoms with E-state index in [0.717, 1.165) is 24.8 Å². The van der Waals surface area contributed by atoms with Crippen molar-refractivity contribution in [1.82, 2.24) is 5.32 Å². The van der Waals surface area contributed by atoms with Gasteiger partial charge in [-0.1, -0.05) is 43.5 Å². The van der Waals surface area contributed by atoms with Crippen LogP contribution in [0.25, 0.3) is 0 Å². The van der Waals surface area contributed by atoms with Gasteiger partial charge in [0.25, 0.3) is 0 Å². The number of carbonyl (C=O) groups excluding carboxylic acids is 1. The first-order valence-corrected chi connectivity index (χ1v) is 7.45. The van der Waals surface area contributed by atoms with Crippen LogP contribution < -0.4 is 16.0 Å². The number of aryl methyl sites for hydroxylation is 1. The zero-order chi connectivity index (χ0) is 15.8. The van der Waals surface area contributed by atoms with Gasteiger partial charge in [-0.2, -0.15) is 0 Å². The van der Waals surface area contributed by atoms with Gasteiger partial charge in [-0.3, -0.25) is 15.2 Å². The molecular weight excluding hydrogens is 288 g/mol. The molecule has 0 saturated heterocycles. The molecule has 0 fully saturated rings. The van der Waals surface area contributed by atoms with Gasteiger partial charge in [0.05, 0.1) is 10.7 Å². The first-order valence-electron chi connectivity index (χ1n) is 7.07. The van der Waals surface area contributed by atoms with E-state index < -0.39 is 0 Å². The van der Waals surface area contributed by atoms with Crippen molar-refractivity contribution in [1.29, 1.82) is 0 Å². The van der Waals surface area contributed by atoms with Crippen LogP contribution in [0, 0.1) is 6.92 Å². The molecule has 1 aromatic carbocycles. The molecular formula is C15H23ClN4O. The zero-order valence-electron chi connectivity index (χ0n) is 12.8. The largest absolute Gasteiger partial charge is 0.370 e. The number of aliphatic imine (C=N–C) groups is 1. The van der Waals surface area contributed by atoms with Gasteiger partial charge in [-0.25, -0.2) is 4.79 Å². The van der Waals surface area contributed by atoms with Gasteiger partial charge in [0.2, 0.25) is 0 Å². The Hall–Kier alpha value is -1.75. The Kier molecular flexibility index (Phi) is 7.02. The maximum absolute atomic E-state index is 12.1. The molecule has 0 aromatic heterocycles. The number of nitrogens with zero attached hydrogens (tertiary/aromatic N) is 2. The number of nitrogens with one attached hydrogen (secondary N) is 1. The van der Waals surface area contributed by atoms with E-state index in [0.29, 0.717) is 17.3 Å². The number of guanidine groups is 1. The summed E-state index contributed by atoms with van der Waals surface area (Å²) < 4.78 is 0. The van der Waals surface area contributed by atoms with Gasteiger partial charge < -0.3 is 5.73 Å². The van der Waals surface area contributed by atoms with E-state index in [4.69, 9.17) is 17.3 Å². The molecule has 0 radical (unpaired) electrons. The van der Waals surface area contributed by atoms with Crippen LogP contribution in [0.4, 0.5) is 10.5 Å². The lowest BCUT2D eigenvalue weighted by Gasteiger charge is -2.21. The Morgan fingerprint density at radius 1 is 1.43 bits per heavy atom. The van der Waals surface area contributed by atoms with Crippen LogP contribution in [-0.4, -0.2) is 25.6 Å². The Bertz CT molecular complexity index is 496. The summed E-state index contributed by atoms with van der Waals surface area (Å²) in [5.41, 5.74) is 7.29. The molecule has 1 rings (SSSR count). The fourth-order valence-electron chi connectivity index (χ4n) is 1.94. The molecule has 1 aromatic rings. The lowest BCUT2D eigenvalue weighted by molar-refractivity contribution is 0.251. The summed E-state index contributed by atoms with van der Waals surface area (Å²) in [7, 11) is 1.65. The molecule has 2 amide bonds. The summed E-state index contributed by atoms with van der Waals surface area (Å²) in [6, 6.07) is 5.13. The molecule has 0 spiro atoms. The molecule has 0 aliphatic rings. The fraction of sp³-hybridized carbons (Fsp3) is 0.467. The number of benzene rings is 1. The fourth-order valence-corrected chi connectivity index (χ4v) is 2.29. The Morgan fingerprint density at radius 3 is 2.76 bits per heavy atom. The lowest BCUT2D eigenvalue weighted by Crippen LogP contribution is -2.44. The van der Waals surface area contributed by atoms with E-state index in [1.54, 1.807) is 13.1 Å². The Balaban J connectivity index is 2.67. The van der Waals surface area contributed by atoms with Crippen LogP contribution in [0.5, 0.6) is 0 Å². The van der Waals surface area contributed by atoms with Crippen LogP contribution in [0.1, 0.15) is 31.7 Å². The van der Waals surface area contributed by atoms with E-state index >= 15 is 0 Å². The molecule has 6 heteroatoms. The SMILES string of the molecule is CCCCCN=C(N)NC(=O)N(C)c1c(C)cccc1Cl. The third kappa shape index (κ3) is 5.27. The molecule has 0 unspecified atom stereocenters. The van der Waals surface area contributed by atoms with Crippen molar-refractivity contribution in [3.63, 3.8) is 0 Å². The summed E-state index contributed by atoms with van der Waals surface area (Å²) in [6.45, 7) is 4.64. The monoisotopic (exact) mass is 310 g/mol. The molecule has 0 aliphatic carbocycles. The quantitative estimate of drug-likeness (QED) is 0.497. The van der Waals surface area contributed by atoms with Gasteiger partial charge in [0.1, 0.15) is 0 Å². The second kappa shape index (κ2) is 8.52. The molecule has 0 atom stereocenters.